The smallest absolute Gasteiger partial charge is 0.211 e. The molecule has 168 valence electrons. The summed E-state index contributed by atoms with van der Waals surface area (Å²) in [6, 6.07) is 4.80. The Morgan fingerprint density at radius 3 is 2.48 bits per heavy atom. The molecule has 3 heterocycles. The Kier molecular flexibility index (Phi) is 5.63. The number of hydrogen-bond donors (Lipinski definition) is 0. The topological polar surface area (TPSA) is 59.3 Å². The summed E-state index contributed by atoms with van der Waals surface area (Å²) in [7, 11) is 0. The van der Waals surface area contributed by atoms with Crippen molar-refractivity contribution >= 4 is 5.82 Å². The maximum atomic E-state index is 5.99. The number of rotatable bonds is 8. The van der Waals surface area contributed by atoms with E-state index >= 15 is 0 Å². The van der Waals surface area contributed by atoms with Crippen LogP contribution in [-0.2, 0) is 5.41 Å². The Balaban J connectivity index is 1.11. The van der Waals surface area contributed by atoms with Gasteiger partial charge in [0.2, 0.25) is 5.88 Å². The Hall–Kier alpha value is -2.15. The molecular formula is C24H36N6O. The summed E-state index contributed by atoms with van der Waals surface area (Å²) < 4.78 is 8.04. The van der Waals surface area contributed by atoms with Crippen LogP contribution in [0.5, 0.6) is 5.88 Å². The lowest BCUT2D eigenvalue weighted by Gasteiger charge is -2.36. The monoisotopic (exact) mass is 424 g/mol. The Labute approximate surface area is 185 Å². The van der Waals surface area contributed by atoms with Gasteiger partial charge in [-0.25, -0.2) is 14.6 Å². The van der Waals surface area contributed by atoms with Crippen molar-refractivity contribution in [2.24, 2.45) is 0 Å². The average molecular weight is 425 g/mol. The lowest BCUT2D eigenvalue weighted by molar-refractivity contribution is 0.216. The van der Waals surface area contributed by atoms with Crippen LogP contribution in [0.25, 0.3) is 0 Å². The minimum Gasteiger partial charge on any atom is -0.478 e. The van der Waals surface area contributed by atoms with Gasteiger partial charge in [-0.15, -0.1) is 0 Å². The van der Waals surface area contributed by atoms with E-state index in [2.05, 4.69) is 41.7 Å². The van der Waals surface area contributed by atoms with E-state index in [0.29, 0.717) is 12.0 Å². The molecule has 0 aromatic carbocycles. The summed E-state index contributed by atoms with van der Waals surface area (Å²) in [4.78, 5) is 14.9. The second kappa shape index (κ2) is 8.41. The molecule has 31 heavy (non-hydrogen) atoms. The normalized spacial score (nSPS) is 20.3. The quantitative estimate of drug-likeness (QED) is 0.601. The summed E-state index contributed by atoms with van der Waals surface area (Å²) in [6.07, 6.45) is 7.90. The van der Waals surface area contributed by atoms with E-state index in [0.717, 1.165) is 63.3 Å². The number of piperazine rings is 1. The second-order valence-electron chi connectivity index (χ2n) is 10.4. The third kappa shape index (κ3) is 5.03. The molecule has 7 nitrogen and oxygen atoms in total. The Bertz CT molecular complexity index is 888. The average Bonchev–Trinajstić information content (AvgIpc) is 3.69. The predicted molar refractivity (Wildman–Crippen MR) is 122 cm³/mol. The van der Waals surface area contributed by atoms with Gasteiger partial charge in [-0.3, -0.25) is 4.90 Å². The maximum absolute atomic E-state index is 5.99. The first-order chi connectivity index (χ1) is 15.0. The van der Waals surface area contributed by atoms with Gasteiger partial charge in [-0.1, -0.05) is 20.8 Å². The minimum absolute atomic E-state index is 0.0175. The molecule has 0 unspecified atom stereocenters. The van der Waals surface area contributed by atoms with Crippen molar-refractivity contribution in [2.45, 2.75) is 70.3 Å². The number of aromatic nitrogens is 4. The van der Waals surface area contributed by atoms with E-state index in [4.69, 9.17) is 14.7 Å². The predicted octanol–water partition coefficient (Wildman–Crippen LogP) is 3.77. The molecule has 5 rings (SSSR count). The van der Waals surface area contributed by atoms with Crippen molar-refractivity contribution in [3.8, 4) is 5.88 Å². The molecule has 3 aliphatic rings. The molecule has 0 radical (unpaired) electrons. The van der Waals surface area contributed by atoms with Gasteiger partial charge in [0.1, 0.15) is 11.6 Å². The lowest BCUT2D eigenvalue weighted by Crippen LogP contribution is -2.47. The fourth-order valence-corrected chi connectivity index (χ4v) is 4.21. The van der Waals surface area contributed by atoms with Crippen molar-refractivity contribution in [3.63, 3.8) is 0 Å². The molecule has 0 amide bonds. The van der Waals surface area contributed by atoms with E-state index in [9.17, 15) is 0 Å². The first kappa shape index (κ1) is 20.7. The van der Waals surface area contributed by atoms with E-state index in [1.807, 2.05) is 16.9 Å². The SMILES string of the molecule is CC(C)(C)c1nc(C2CC2)cc(N2CCN(CCCOc3ccnn3C3CC3)CC2)n1. The van der Waals surface area contributed by atoms with Gasteiger partial charge in [-0.05, 0) is 32.1 Å². The summed E-state index contributed by atoms with van der Waals surface area (Å²) in [5, 5.41) is 4.39. The molecule has 0 atom stereocenters. The van der Waals surface area contributed by atoms with Crippen molar-refractivity contribution < 1.29 is 4.74 Å². The number of hydrogen-bond acceptors (Lipinski definition) is 6. The minimum atomic E-state index is -0.0175. The van der Waals surface area contributed by atoms with Gasteiger partial charge < -0.3 is 9.64 Å². The zero-order valence-electron chi connectivity index (χ0n) is 19.3. The van der Waals surface area contributed by atoms with Crippen molar-refractivity contribution in [1.29, 1.82) is 0 Å². The summed E-state index contributed by atoms with van der Waals surface area (Å²) in [5.74, 6) is 3.69. The highest BCUT2D eigenvalue weighted by atomic mass is 16.5. The van der Waals surface area contributed by atoms with Crippen LogP contribution < -0.4 is 9.64 Å². The third-order valence-corrected chi connectivity index (χ3v) is 6.49. The molecule has 1 saturated heterocycles. The van der Waals surface area contributed by atoms with Gasteiger partial charge >= 0.3 is 0 Å². The van der Waals surface area contributed by atoms with Crippen LogP contribution in [0.4, 0.5) is 5.82 Å². The number of ether oxygens (including phenoxy) is 1. The van der Waals surface area contributed by atoms with Gasteiger partial charge in [0.15, 0.2) is 0 Å². The molecule has 2 aromatic heterocycles. The van der Waals surface area contributed by atoms with Gasteiger partial charge in [0.25, 0.3) is 0 Å². The molecule has 2 aliphatic carbocycles. The van der Waals surface area contributed by atoms with E-state index in [1.54, 1.807) is 0 Å². The molecule has 0 bridgehead atoms. The molecular weight excluding hydrogens is 388 g/mol. The standard InChI is InChI=1S/C24H36N6O/c1-24(2,3)23-26-20(18-5-6-18)17-21(27-23)29-14-12-28(13-15-29)11-4-16-31-22-9-10-25-30(22)19-7-8-19/h9-10,17-19H,4-8,11-16H2,1-3H3. The third-order valence-electron chi connectivity index (χ3n) is 6.49. The van der Waals surface area contributed by atoms with Crippen LogP contribution in [0.3, 0.4) is 0 Å². The largest absolute Gasteiger partial charge is 0.478 e. The highest BCUT2D eigenvalue weighted by Crippen LogP contribution is 2.40. The zero-order chi connectivity index (χ0) is 21.4. The summed E-state index contributed by atoms with van der Waals surface area (Å²) >= 11 is 0. The molecule has 3 fully saturated rings. The van der Waals surface area contributed by atoms with E-state index in [1.165, 1.54) is 31.4 Å². The first-order valence-corrected chi connectivity index (χ1v) is 12.0. The van der Waals surface area contributed by atoms with Gasteiger partial charge in [0, 0.05) is 61.9 Å². The fraction of sp³-hybridized carbons (Fsp3) is 0.708. The highest BCUT2D eigenvalue weighted by Gasteiger charge is 2.30. The van der Waals surface area contributed by atoms with Gasteiger partial charge in [0.05, 0.1) is 18.8 Å². The van der Waals surface area contributed by atoms with E-state index in [-0.39, 0.29) is 5.41 Å². The van der Waals surface area contributed by atoms with Crippen molar-refractivity contribution in [2.75, 3.05) is 44.2 Å². The molecule has 0 spiro atoms. The zero-order valence-corrected chi connectivity index (χ0v) is 19.3. The molecule has 2 saturated carbocycles. The summed E-state index contributed by atoms with van der Waals surface area (Å²) in [5.41, 5.74) is 1.23. The van der Waals surface area contributed by atoms with Crippen LogP contribution in [0, 0.1) is 0 Å². The number of anilines is 1. The first-order valence-electron chi connectivity index (χ1n) is 12.0. The van der Waals surface area contributed by atoms with Crippen LogP contribution in [0.15, 0.2) is 18.3 Å². The van der Waals surface area contributed by atoms with Crippen LogP contribution in [-0.4, -0.2) is 64.0 Å². The highest BCUT2D eigenvalue weighted by molar-refractivity contribution is 5.42. The molecule has 1 aliphatic heterocycles. The second-order valence-corrected chi connectivity index (χ2v) is 10.4. The summed E-state index contributed by atoms with van der Waals surface area (Å²) in [6.45, 7) is 12.7. The van der Waals surface area contributed by atoms with Crippen molar-refractivity contribution in [3.05, 3.63) is 29.8 Å². The molecule has 2 aromatic rings. The number of nitrogens with zero attached hydrogens (tertiary/aromatic N) is 6. The lowest BCUT2D eigenvalue weighted by atomic mass is 9.95. The van der Waals surface area contributed by atoms with Crippen LogP contribution in [0.2, 0.25) is 0 Å². The Morgan fingerprint density at radius 1 is 1.03 bits per heavy atom. The van der Waals surface area contributed by atoms with Crippen LogP contribution in [0.1, 0.15) is 76.4 Å². The Morgan fingerprint density at radius 2 is 1.81 bits per heavy atom. The van der Waals surface area contributed by atoms with E-state index < -0.39 is 0 Å². The maximum Gasteiger partial charge on any atom is 0.211 e. The molecule has 0 N–H and O–H groups in total. The van der Waals surface area contributed by atoms with Crippen LogP contribution >= 0.6 is 0 Å². The van der Waals surface area contributed by atoms with Crippen molar-refractivity contribution in [1.82, 2.24) is 24.6 Å². The molecule has 7 heteroatoms. The fourth-order valence-electron chi connectivity index (χ4n) is 4.21. The van der Waals surface area contributed by atoms with Gasteiger partial charge in [-0.2, -0.15) is 5.10 Å².